The monoisotopic (exact) mass is 287 g/mol. The van der Waals surface area contributed by atoms with Gasteiger partial charge in [-0.15, -0.1) is 0 Å². The summed E-state index contributed by atoms with van der Waals surface area (Å²) in [4.78, 5) is 13.0. The van der Waals surface area contributed by atoms with Crippen LogP contribution in [0.3, 0.4) is 0 Å². The highest BCUT2D eigenvalue weighted by Gasteiger charge is 2.29. The summed E-state index contributed by atoms with van der Waals surface area (Å²) < 4.78 is 0. The smallest absolute Gasteiger partial charge is 0.335 e. The van der Waals surface area contributed by atoms with E-state index >= 15 is 0 Å². The van der Waals surface area contributed by atoms with Crippen molar-refractivity contribution in [2.24, 2.45) is 5.92 Å². The van der Waals surface area contributed by atoms with Crippen LogP contribution in [0, 0.1) is 5.92 Å². The van der Waals surface area contributed by atoms with Gasteiger partial charge in [0.05, 0.1) is 21.3 Å². The van der Waals surface area contributed by atoms with E-state index in [1.807, 2.05) is 0 Å². The molecule has 98 valence electrons. The van der Waals surface area contributed by atoms with Gasteiger partial charge in [-0.3, -0.25) is 0 Å². The van der Waals surface area contributed by atoms with Gasteiger partial charge < -0.3 is 10.0 Å². The van der Waals surface area contributed by atoms with Gasteiger partial charge in [0, 0.05) is 13.1 Å². The Bertz CT molecular complexity index is 447. The Morgan fingerprint density at radius 2 is 1.94 bits per heavy atom. The number of aromatic carboxylic acids is 1. The topological polar surface area (TPSA) is 40.5 Å². The number of halogens is 2. The summed E-state index contributed by atoms with van der Waals surface area (Å²) in [6.07, 6.45) is 2.39. The lowest BCUT2D eigenvalue weighted by atomic mass is 9.94. The number of anilines is 1. The van der Waals surface area contributed by atoms with Crippen molar-refractivity contribution in [3.63, 3.8) is 0 Å². The zero-order chi connectivity index (χ0) is 13.3. The molecule has 0 spiro atoms. The molecule has 1 fully saturated rings. The van der Waals surface area contributed by atoms with Crippen LogP contribution in [0.2, 0.25) is 10.0 Å². The molecule has 1 aromatic rings. The van der Waals surface area contributed by atoms with Gasteiger partial charge in [-0.05, 0) is 24.5 Å². The molecular formula is C13H15Cl2NO2. The summed E-state index contributed by atoms with van der Waals surface area (Å²) in [6.45, 7) is 4.06. The largest absolute Gasteiger partial charge is 0.478 e. The highest BCUT2D eigenvalue weighted by atomic mass is 35.5. The van der Waals surface area contributed by atoms with Gasteiger partial charge >= 0.3 is 5.97 Å². The molecular weight excluding hydrogens is 273 g/mol. The second-order valence-electron chi connectivity index (χ2n) is 4.65. The first kappa shape index (κ1) is 13.5. The minimum atomic E-state index is -1.02. The number of carboxylic acid groups (broad SMARTS) is 1. The van der Waals surface area contributed by atoms with Crippen LogP contribution < -0.4 is 4.90 Å². The molecule has 0 saturated carbocycles. The van der Waals surface area contributed by atoms with Crippen molar-refractivity contribution in [3.05, 3.63) is 27.7 Å². The van der Waals surface area contributed by atoms with E-state index in [1.54, 1.807) is 0 Å². The summed E-state index contributed by atoms with van der Waals surface area (Å²) >= 11 is 12.2. The minimum absolute atomic E-state index is 0.124. The Morgan fingerprint density at radius 3 is 2.39 bits per heavy atom. The van der Waals surface area contributed by atoms with Crippen LogP contribution in [0.25, 0.3) is 0 Å². The molecule has 1 aliphatic rings. The van der Waals surface area contributed by atoms with Crippen molar-refractivity contribution in [1.29, 1.82) is 0 Å². The maximum atomic E-state index is 10.9. The highest BCUT2D eigenvalue weighted by molar-refractivity contribution is 6.39. The van der Waals surface area contributed by atoms with E-state index < -0.39 is 5.97 Å². The second-order valence-corrected chi connectivity index (χ2v) is 5.47. The van der Waals surface area contributed by atoms with Crippen molar-refractivity contribution in [2.75, 3.05) is 18.0 Å². The Morgan fingerprint density at radius 1 is 1.39 bits per heavy atom. The predicted molar refractivity (Wildman–Crippen MR) is 74.0 cm³/mol. The Labute approximate surface area is 116 Å². The van der Waals surface area contributed by atoms with Gasteiger partial charge in [-0.1, -0.05) is 36.5 Å². The van der Waals surface area contributed by atoms with Gasteiger partial charge in [-0.2, -0.15) is 0 Å². The third kappa shape index (κ3) is 2.57. The fraction of sp³-hybridized carbons (Fsp3) is 0.462. The lowest BCUT2D eigenvalue weighted by Gasteiger charge is -2.42. The molecule has 0 aliphatic carbocycles. The van der Waals surface area contributed by atoms with Crippen LogP contribution in [0.15, 0.2) is 12.1 Å². The van der Waals surface area contributed by atoms with E-state index in [4.69, 9.17) is 28.3 Å². The number of benzene rings is 1. The standard InChI is InChI=1S/C13H15Cl2NO2/c1-2-3-8-6-16(7-8)12-10(14)4-9(13(17)18)5-11(12)15/h4-5,8H,2-3,6-7H2,1H3,(H,17,18). The maximum absolute atomic E-state index is 10.9. The van der Waals surface area contributed by atoms with Crippen LogP contribution in [0.1, 0.15) is 30.1 Å². The third-order valence-corrected chi connectivity index (χ3v) is 3.81. The minimum Gasteiger partial charge on any atom is -0.478 e. The molecule has 1 heterocycles. The van der Waals surface area contributed by atoms with E-state index in [0.29, 0.717) is 16.0 Å². The summed E-state index contributed by atoms with van der Waals surface area (Å²) in [5.41, 5.74) is 0.884. The molecule has 0 radical (unpaired) electrons. The molecule has 0 bridgehead atoms. The van der Waals surface area contributed by atoms with Gasteiger partial charge in [0.25, 0.3) is 0 Å². The highest BCUT2D eigenvalue weighted by Crippen LogP contribution is 2.39. The molecule has 18 heavy (non-hydrogen) atoms. The molecule has 1 aliphatic heterocycles. The molecule has 3 nitrogen and oxygen atoms in total. The number of carbonyl (C=O) groups is 1. The first-order valence-electron chi connectivity index (χ1n) is 6.00. The molecule has 1 N–H and O–H groups in total. The molecule has 1 aromatic carbocycles. The number of carboxylic acids is 1. The predicted octanol–water partition coefficient (Wildman–Crippen LogP) is 3.93. The number of rotatable bonds is 4. The lowest BCUT2D eigenvalue weighted by molar-refractivity contribution is 0.0697. The van der Waals surface area contributed by atoms with E-state index in [1.165, 1.54) is 25.0 Å². The van der Waals surface area contributed by atoms with E-state index in [9.17, 15) is 4.79 Å². The summed E-state index contributed by atoms with van der Waals surface area (Å²) in [5, 5.41) is 9.74. The number of hydrogen-bond donors (Lipinski definition) is 1. The van der Waals surface area contributed by atoms with Crippen LogP contribution in [-0.2, 0) is 0 Å². The van der Waals surface area contributed by atoms with Crippen LogP contribution in [0.5, 0.6) is 0 Å². The second kappa shape index (κ2) is 5.37. The molecule has 0 unspecified atom stereocenters. The number of hydrogen-bond acceptors (Lipinski definition) is 2. The van der Waals surface area contributed by atoms with Gasteiger partial charge in [0.15, 0.2) is 0 Å². The molecule has 5 heteroatoms. The van der Waals surface area contributed by atoms with Crippen LogP contribution >= 0.6 is 23.2 Å². The van der Waals surface area contributed by atoms with Crippen molar-refractivity contribution >= 4 is 34.9 Å². The Balaban J connectivity index is 2.18. The summed E-state index contributed by atoms with van der Waals surface area (Å²) in [7, 11) is 0. The van der Waals surface area contributed by atoms with Crippen molar-refractivity contribution < 1.29 is 9.90 Å². The Hall–Kier alpha value is -0.930. The van der Waals surface area contributed by atoms with Gasteiger partial charge in [-0.25, -0.2) is 4.79 Å². The summed E-state index contributed by atoms with van der Waals surface area (Å²) in [5.74, 6) is -0.320. The third-order valence-electron chi connectivity index (χ3n) is 3.23. The lowest BCUT2D eigenvalue weighted by Crippen LogP contribution is -2.46. The molecule has 1 saturated heterocycles. The van der Waals surface area contributed by atoms with Gasteiger partial charge in [0.1, 0.15) is 0 Å². The van der Waals surface area contributed by atoms with E-state index in [2.05, 4.69) is 11.8 Å². The van der Waals surface area contributed by atoms with Crippen LogP contribution in [0.4, 0.5) is 5.69 Å². The Kier molecular flexibility index (Phi) is 4.03. The first-order valence-corrected chi connectivity index (χ1v) is 6.75. The van der Waals surface area contributed by atoms with Crippen molar-refractivity contribution in [2.45, 2.75) is 19.8 Å². The normalized spacial score (nSPS) is 15.6. The fourth-order valence-electron chi connectivity index (χ4n) is 2.33. The first-order chi connectivity index (χ1) is 8.52. The molecule has 0 amide bonds. The van der Waals surface area contributed by atoms with Crippen molar-refractivity contribution in [3.8, 4) is 0 Å². The average molecular weight is 288 g/mol. The van der Waals surface area contributed by atoms with Crippen molar-refractivity contribution in [1.82, 2.24) is 0 Å². The van der Waals surface area contributed by atoms with Crippen LogP contribution in [-0.4, -0.2) is 24.2 Å². The maximum Gasteiger partial charge on any atom is 0.335 e. The average Bonchev–Trinajstić information content (AvgIpc) is 2.24. The molecule has 2 rings (SSSR count). The molecule has 0 atom stereocenters. The fourth-order valence-corrected chi connectivity index (χ4v) is 3.06. The zero-order valence-corrected chi connectivity index (χ0v) is 11.6. The molecule has 0 aromatic heterocycles. The van der Waals surface area contributed by atoms with E-state index in [0.717, 1.165) is 18.8 Å². The summed E-state index contributed by atoms with van der Waals surface area (Å²) in [6, 6.07) is 2.91. The zero-order valence-electron chi connectivity index (χ0n) is 10.1. The van der Waals surface area contributed by atoms with Gasteiger partial charge in [0.2, 0.25) is 0 Å². The number of nitrogens with zero attached hydrogens (tertiary/aromatic N) is 1. The SMILES string of the molecule is CCCC1CN(c2c(Cl)cc(C(=O)O)cc2Cl)C1. The quantitative estimate of drug-likeness (QED) is 0.912. The van der Waals surface area contributed by atoms with E-state index in [-0.39, 0.29) is 5.56 Å².